The molecule has 0 saturated carbocycles. The van der Waals surface area contributed by atoms with Gasteiger partial charge in [-0.2, -0.15) is 0 Å². The summed E-state index contributed by atoms with van der Waals surface area (Å²) in [4.78, 5) is 36.1. The van der Waals surface area contributed by atoms with Gasteiger partial charge in [-0.1, -0.05) is 19.1 Å². The van der Waals surface area contributed by atoms with Crippen LogP contribution in [0.25, 0.3) is 0 Å². The van der Waals surface area contributed by atoms with Crippen LogP contribution in [-0.2, 0) is 9.53 Å². The summed E-state index contributed by atoms with van der Waals surface area (Å²) in [6.45, 7) is 6.26. The topological polar surface area (TPSA) is 72.5 Å². The van der Waals surface area contributed by atoms with Crippen LogP contribution in [0.2, 0.25) is 0 Å². The number of carbonyl (C=O) groups excluding carboxylic acids is 3. The first-order chi connectivity index (χ1) is 12.9. The maximum atomic E-state index is 12.2. The summed E-state index contributed by atoms with van der Waals surface area (Å²) in [5.41, 5.74) is 3.83. The fourth-order valence-corrected chi connectivity index (χ4v) is 2.48. The van der Waals surface area contributed by atoms with Gasteiger partial charge in [0.15, 0.2) is 5.78 Å². The van der Waals surface area contributed by atoms with Gasteiger partial charge in [-0.15, -0.1) is 0 Å². The number of hydrogen-bond donors (Lipinski definition) is 1. The van der Waals surface area contributed by atoms with Crippen LogP contribution in [0.3, 0.4) is 0 Å². The van der Waals surface area contributed by atoms with Crippen LogP contribution in [0.1, 0.15) is 58.0 Å². The van der Waals surface area contributed by atoms with E-state index in [1.165, 1.54) is 0 Å². The molecule has 0 aromatic heterocycles. The Morgan fingerprint density at radius 1 is 0.889 bits per heavy atom. The first-order valence-corrected chi connectivity index (χ1v) is 9.08. The number of benzene rings is 2. The van der Waals surface area contributed by atoms with E-state index in [1.807, 2.05) is 32.9 Å². The van der Waals surface area contributed by atoms with E-state index in [0.29, 0.717) is 23.4 Å². The van der Waals surface area contributed by atoms with Crippen molar-refractivity contribution in [2.24, 2.45) is 0 Å². The molecule has 0 atom stereocenters. The number of ether oxygens (including phenoxy) is 1. The van der Waals surface area contributed by atoms with Crippen LogP contribution in [0.4, 0.5) is 5.69 Å². The molecule has 2 aromatic rings. The lowest BCUT2D eigenvalue weighted by atomic mass is 10.0. The Labute approximate surface area is 159 Å². The molecule has 1 N–H and O–H groups in total. The van der Waals surface area contributed by atoms with Crippen molar-refractivity contribution < 1.29 is 19.1 Å². The average Bonchev–Trinajstić information content (AvgIpc) is 2.67. The van der Waals surface area contributed by atoms with E-state index in [9.17, 15) is 14.4 Å². The SMILES string of the molecule is CCCOC(=O)c1ccc(NC(=O)CCC(=O)c2ccc(C)c(C)c2)cc1. The summed E-state index contributed by atoms with van der Waals surface area (Å²) in [7, 11) is 0. The molecule has 0 radical (unpaired) electrons. The molecule has 0 fully saturated rings. The third-order valence-electron chi connectivity index (χ3n) is 4.25. The number of hydrogen-bond acceptors (Lipinski definition) is 4. The van der Waals surface area contributed by atoms with Crippen molar-refractivity contribution in [3.63, 3.8) is 0 Å². The van der Waals surface area contributed by atoms with E-state index in [0.717, 1.165) is 17.5 Å². The van der Waals surface area contributed by atoms with Gasteiger partial charge < -0.3 is 10.1 Å². The van der Waals surface area contributed by atoms with Gasteiger partial charge in [0, 0.05) is 24.1 Å². The lowest BCUT2D eigenvalue weighted by molar-refractivity contribution is -0.116. The molecule has 5 heteroatoms. The molecular weight excluding hydrogens is 342 g/mol. The minimum atomic E-state index is -0.381. The molecule has 0 saturated heterocycles. The molecule has 5 nitrogen and oxygen atoms in total. The molecule has 0 bridgehead atoms. The molecule has 27 heavy (non-hydrogen) atoms. The molecule has 142 valence electrons. The van der Waals surface area contributed by atoms with E-state index >= 15 is 0 Å². The molecule has 1 amide bonds. The van der Waals surface area contributed by atoms with Gasteiger partial charge in [0.1, 0.15) is 0 Å². The van der Waals surface area contributed by atoms with E-state index in [-0.39, 0.29) is 30.5 Å². The maximum Gasteiger partial charge on any atom is 0.338 e. The smallest absolute Gasteiger partial charge is 0.338 e. The second kappa shape index (κ2) is 9.67. The highest BCUT2D eigenvalue weighted by atomic mass is 16.5. The van der Waals surface area contributed by atoms with Gasteiger partial charge in [0.05, 0.1) is 12.2 Å². The first kappa shape index (κ1) is 20.4. The zero-order chi connectivity index (χ0) is 19.8. The van der Waals surface area contributed by atoms with E-state index in [2.05, 4.69) is 5.32 Å². The second-order valence-corrected chi connectivity index (χ2v) is 6.48. The Hall–Kier alpha value is -2.95. The van der Waals surface area contributed by atoms with Crippen LogP contribution in [-0.4, -0.2) is 24.3 Å². The largest absolute Gasteiger partial charge is 0.462 e. The normalized spacial score (nSPS) is 10.3. The minimum absolute atomic E-state index is 0.0535. The number of amides is 1. The van der Waals surface area contributed by atoms with Gasteiger partial charge in [-0.3, -0.25) is 9.59 Å². The molecular formula is C22H25NO4. The number of nitrogens with one attached hydrogen (secondary N) is 1. The molecule has 0 unspecified atom stereocenters. The summed E-state index contributed by atoms with van der Waals surface area (Å²) in [5.74, 6) is -0.676. The Bertz CT molecular complexity index is 825. The highest BCUT2D eigenvalue weighted by molar-refractivity contribution is 6.00. The molecule has 0 aliphatic heterocycles. The van der Waals surface area contributed by atoms with Gasteiger partial charge in [-0.05, 0) is 61.7 Å². The molecule has 2 aromatic carbocycles. The van der Waals surface area contributed by atoms with Crippen LogP contribution in [0.5, 0.6) is 0 Å². The zero-order valence-electron chi connectivity index (χ0n) is 16.0. The van der Waals surface area contributed by atoms with Crippen molar-refractivity contribution >= 4 is 23.3 Å². The van der Waals surface area contributed by atoms with Crippen molar-refractivity contribution in [1.82, 2.24) is 0 Å². The first-order valence-electron chi connectivity index (χ1n) is 9.08. The number of rotatable bonds is 8. The van der Waals surface area contributed by atoms with Crippen molar-refractivity contribution in [2.75, 3.05) is 11.9 Å². The number of anilines is 1. The van der Waals surface area contributed by atoms with Crippen molar-refractivity contribution in [3.8, 4) is 0 Å². The van der Waals surface area contributed by atoms with Gasteiger partial charge >= 0.3 is 5.97 Å². The average molecular weight is 367 g/mol. The van der Waals surface area contributed by atoms with Crippen molar-refractivity contribution in [3.05, 3.63) is 64.7 Å². The molecule has 2 rings (SSSR count). The number of ketones is 1. The van der Waals surface area contributed by atoms with Gasteiger partial charge in [-0.25, -0.2) is 4.79 Å². The molecule has 0 aliphatic rings. The summed E-state index contributed by atoms with van der Waals surface area (Å²) in [6.07, 6.45) is 1.02. The molecule has 0 spiro atoms. The summed E-state index contributed by atoms with van der Waals surface area (Å²) in [6, 6.07) is 12.1. The van der Waals surface area contributed by atoms with Crippen molar-refractivity contribution in [2.45, 2.75) is 40.0 Å². The van der Waals surface area contributed by atoms with Crippen LogP contribution in [0, 0.1) is 13.8 Å². The van der Waals surface area contributed by atoms with Crippen LogP contribution in [0.15, 0.2) is 42.5 Å². The fraction of sp³-hybridized carbons (Fsp3) is 0.318. The predicted octanol–water partition coefficient (Wildman–Crippen LogP) is 4.47. The second-order valence-electron chi connectivity index (χ2n) is 6.48. The standard InChI is InChI=1S/C22H25NO4/c1-4-13-27-22(26)17-7-9-19(10-8-17)23-21(25)12-11-20(24)18-6-5-15(2)16(3)14-18/h5-10,14H,4,11-13H2,1-3H3,(H,23,25). The van der Waals surface area contributed by atoms with Crippen molar-refractivity contribution in [1.29, 1.82) is 0 Å². The number of esters is 1. The zero-order valence-corrected chi connectivity index (χ0v) is 16.0. The number of Topliss-reactive ketones (excluding diaryl/α,β-unsaturated/α-hetero) is 1. The lowest BCUT2D eigenvalue weighted by Crippen LogP contribution is -2.14. The lowest BCUT2D eigenvalue weighted by Gasteiger charge is -2.07. The maximum absolute atomic E-state index is 12.2. The summed E-state index contributed by atoms with van der Waals surface area (Å²) >= 11 is 0. The summed E-state index contributed by atoms with van der Waals surface area (Å²) in [5, 5.41) is 2.74. The Balaban J connectivity index is 1.85. The third kappa shape index (κ3) is 6.06. The Kier molecular flexibility index (Phi) is 7.29. The number of aryl methyl sites for hydroxylation is 2. The van der Waals surface area contributed by atoms with Crippen LogP contribution < -0.4 is 5.32 Å². The predicted molar refractivity (Wildman–Crippen MR) is 105 cm³/mol. The summed E-state index contributed by atoms with van der Waals surface area (Å²) < 4.78 is 5.06. The Morgan fingerprint density at radius 3 is 2.19 bits per heavy atom. The molecule has 0 aliphatic carbocycles. The molecule has 0 heterocycles. The monoisotopic (exact) mass is 367 g/mol. The van der Waals surface area contributed by atoms with Gasteiger partial charge in [0.2, 0.25) is 5.91 Å². The van der Waals surface area contributed by atoms with E-state index < -0.39 is 0 Å². The van der Waals surface area contributed by atoms with Gasteiger partial charge in [0.25, 0.3) is 0 Å². The van der Waals surface area contributed by atoms with E-state index in [4.69, 9.17) is 4.74 Å². The minimum Gasteiger partial charge on any atom is -0.462 e. The van der Waals surface area contributed by atoms with Crippen LogP contribution >= 0.6 is 0 Å². The highest BCUT2D eigenvalue weighted by Crippen LogP contribution is 2.14. The Morgan fingerprint density at radius 2 is 1.56 bits per heavy atom. The highest BCUT2D eigenvalue weighted by Gasteiger charge is 2.11. The van der Waals surface area contributed by atoms with E-state index in [1.54, 1.807) is 30.3 Å². The third-order valence-corrected chi connectivity index (χ3v) is 4.25. The fourth-order valence-electron chi connectivity index (χ4n) is 2.48. The quantitative estimate of drug-likeness (QED) is 0.552. The number of carbonyl (C=O) groups is 3.